The average Bonchev–Trinajstić information content (AvgIpc) is 2.08. The average molecular weight is 137 g/mol. The van der Waals surface area contributed by atoms with Crippen molar-refractivity contribution in [2.24, 2.45) is 0 Å². The summed E-state index contributed by atoms with van der Waals surface area (Å²) in [5, 5.41) is 1.56. The molecule has 1 rings (SSSR count). The van der Waals surface area contributed by atoms with Crippen molar-refractivity contribution in [3.8, 4) is 0 Å². The van der Waals surface area contributed by atoms with E-state index in [0.29, 0.717) is 0 Å². The first-order valence-corrected chi connectivity index (χ1v) is 6.83. The van der Waals surface area contributed by atoms with Crippen LogP contribution >= 0.6 is 0 Å². The van der Waals surface area contributed by atoms with Crippen LogP contribution in [0.5, 0.6) is 0 Å². The Morgan fingerprint density at radius 1 is 1.11 bits per heavy atom. The first kappa shape index (κ1) is 6.81. The molecule has 1 radical (unpaired) electrons. The van der Waals surface area contributed by atoms with E-state index in [4.69, 9.17) is 0 Å². The van der Waals surface area contributed by atoms with Gasteiger partial charge in [0.05, 0.1) is 8.07 Å². The predicted octanol–water partition coefficient (Wildman–Crippen LogP) is 2.56. The van der Waals surface area contributed by atoms with E-state index in [2.05, 4.69) is 44.3 Å². The topological polar surface area (TPSA) is 0 Å². The van der Waals surface area contributed by atoms with Crippen LogP contribution in [0.3, 0.4) is 0 Å². The van der Waals surface area contributed by atoms with Crippen molar-refractivity contribution in [3.63, 3.8) is 0 Å². The Kier molecular flexibility index (Phi) is 1.62. The van der Waals surface area contributed by atoms with E-state index < -0.39 is 8.07 Å². The Bertz CT molecular complexity index is 158. The highest BCUT2D eigenvalue weighted by molar-refractivity contribution is 6.83. The molecule has 49 valence electrons. The molecule has 0 aromatic rings. The summed E-state index contributed by atoms with van der Waals surface area (Å²) < 4.78 is 0. The number of hydrogen-bond acceptors (Lipinski definition) is 0. The summed E-state index contributed by atoms with van der Waals surface area (Å²) in [6.07, 6.45) is 8.69. The molecule has 9 heavy (non-hydrogen) atoms. The Balaban J connectivity index is 2.66. The smallest absolute Gasteiger partial charge is 0.0732 e. The molecule has 0 aliphatic heterocycles. The number of rotatable bonds is 1. The first-order valence-electron chi connectivity index (χ1n) is 3.33. The monoisotopic (exact) mass is 137 g/mol. The maximum atomic E-state index is 2.36. The number of allylic oxidation sites excluding steroid dienone is 4. The van der Waals surface area contributed by atoms with Gasteiger partial charge in [0.2, 0.25) is 0 Å². The van der Waals surface area contributed by atoms with Gasteiger partial charge < -0.3 is 0 Å². The molecule has 0 unspecified atom stereocenters. The van der Waals surface area contributed by atoms with Gasteiger partial charge in [-0.3, -0.25) is 0 Å². The van der Waals surface area contributed by atoms with Crippen molar-refractivity contribution < 1.29 is 0 Å². The van der Waals surface area contributed by atoms with E-state index in [1.54, 1.807) is 5.20 Å². The van der Waals surface area contributed by atoms with Crippen LogP contribution < -0.4 is 0 Å². The molecule has 0 atom stereocenters. The molecule has 0 saturated carbocycles. The van der Waals surface area contributed by atoms with E-state index in [0.717, 1.165) is 0 Å². The summed E-state index contributed by atoms with van der Waals surface area (Å²) in [6, 6.07) is 0. The highest BCUT2D eigenvalue weighted by atomic mass is 28.3. The van der Waals surface area contributed by atoms with Gasteiger partial charge in [0.25, 0.3) is 0 Å². The minimum absolute atomic E-state index is 0.981. The molecule has 0 amide bonds. The largest absolute Gasteiger partial charge is 0.0768 e. The maximum Gasteiger partial charge on any atom is 0.0732 e. The van der Waals surface area contributed by atoms with Crippen molar-refractivity contribution in [2.45, 2.75) is 19.6 Å². The third kappa shape index (κ3) is 1.55. The van der Waals surface area contributed by atoms with E-state index >= 15 is 0 Å². The van der Waals surface area contributed by atoms with Crippen LogP contribution in [0.15, 0.2) is 23.4 Å². The van der Waals surface area contributed by atoms with Crippen LogP contribution in [0, 0.1) is 6.42 Å². The second kappa shape index (κ2) is 2.14. The van der Waals surface area contributed by atoms with Gasteiger partial charge in [0, 0.05) is 6.42 Å². The van der Waals surface area contributed by atoms with E-state index in [9.17, 15) is 0 Å². The Morgan fingerprint density at radius 2 is 1.78 bits per heavy atom. The molecule has 0 nitrogen and oxygen atoms in total. The molecule has 0 spiro atoms. The lowest BCUT2D eigenvalue weighted by Gasteiger charge is -2.16. The van der Waals surface area contributed by atoms with Crippen LogP contribution in [0.25, 0.3) is 0 Å². The van der Waals surface area contributed by atoms with E-state index in [1.165, 1.54) is 0 Å². The predicted molar refractivity (Wildman–Crippen MR) is 44.9 cm³/mol. The van der Waals surface area contributed by atoms with Crippen LogP contribution in [-0.4, -0.2) is 8.07 Å². The zero-order valence-electron chi connectivity index (χ0n) is 6.31. The normalized spacial score (nSPS) is 18.3. The summed E-state index contributed by atoms with van der Waals surface area (Å²) in [7, 11) is -0.981. The lowest BCUT2D eigenvalue weighted by atomic mass is 10.5. The molecule has 1 aliphatic rings. The van der Waals surface area contributed by atoms with Gasteiger partial charge in [0.1, 0.15) is 0 Å². The molecule has 0 fully saturated rings. The van der Waals surface area contributed by atoms with Gasteiger partial charge >= 0.3 is 0 Å². The van der Waals surface area contributed by atoms with Gasteiger partial charge in [-0.2, -0.15) is 0 Å². The third-order valence-electron chi connectivity index (χ3n) is 1.53. The fourth-order valence-electron chi connectivity index (χ4n) is 0.874. The minimum Gasteiger partial charge on any atom is -0.0768 e. The molecular formula is C8H13Si. The maximum absolute atomic E-state index is 2.36. The Morgan fingerprint density at radius 3 is 2.00 bits per heavy atom. The van der Waals surface area contributed by atoms with E-state index in [-0.39, 0.29) is 0 Å². The molecule has 0 N–H and O–H groups in total. The number of hydrogen-bond donors (Lipinski definition) is 0. The van der Waals surface area contributed by atoms with Crippen molar-refractivity contribution in [1.82, 2.24) is 0 Å². The van der Waals surface area contributed by atoms with Crippen LogP contribution in [0.2, 0.25) is 19.6 Å². The molecule has 1 aliphatic carbocycles. The van der Waals surface area contributed by atoms with Gasteiger partial charge in [-0.25, -0.2) is 0 Å². The van der Waals surface area contributed by atoms with Crippen LogP contribution in [0.4, 0.5) is 0 Å². The highest BCUT2D eigenvalue weighted by Crippen LogP contribution is 2.20. The lowest BCUT2D eigenvalue weighted by molar-refractivity contribution is 1.61. The summed E-state index contributed by atoms with van der Waals surface area (Å²) >= 11 is 0. The summed E-state index contributed by atoms with van der Waals surface area (Å²) in [4.78, 5) is 0. The molecule has 0 aromatic heterocycles. The SMILES string of the molecule is C[Si](C)(C)C1=CC=C[CH]1. The molecule has 0 saturated heterocycles. The molecule has 0 heterocycles. The Hall–Kier alpha value is -0.303. The molecule has 0 bridgehead atoms. The molecule has 0 aromatic carbocycles. The quantitative estimate of drug-likeness (QED) is 0.487. The fourth-order valence-corrected chi connectivity index (χ4v) is 2.07. The first-order chi connectivity index (χ1) is 4.11. The molecular weight excluding hydrogens is 124 g/mol. The fraction of sp³-hybridized carbons (Fsp3) is 0.375. The van der Waals surface area contributed by atoms with E-state index in [1.807, 2.05) is 0 Å². The van der Waals surface area contributed by atoms with Crippen molar-refractivity contribution in [3.05, 3.63) is 29.8 Å². The summed E-state index contributed by atoms with van der Waals surface area (Å²) in [5.74, 6) is 0. The zero-order chi connectivity index (χ0) is 6.91. The van der Waals surface area contributed by atoms with Crippen molar-refractivity contribution >= 4 is 8.07 Å². The van der Waals surface area contributed by atoms with Crippen molar-refractivity contribution in [1.29, 1.82) is 0 Å². The molecule has 1 heteroatoms. The second-order valence-electron chi connectivity index (χ2n) is 3.42. The van der Waals surface area contributed by atoms with Crippen LogP contribution in [0.1, 0.15) is 0 Å². The highest BCUT2D eigenvalue weighted by Gasteiger charge is 2.19. The van der Waals surface area contributed by atoms with Gasteiger partial charge in [-0.05, 0) is 0 Å². The second-order valence-corrected chi connectivity index (χ2v) is 8.50. The minimum atomic E-state index is -0.981. The standard InChI is InChI=1S/C8H13Si/c1-9(2,3)8-6-4-5-7-8/h4-7H,1-3H3. The van der Waals surface area contributed by atoms with Gasteiger partial charge in [-0.15, -0.1) is 0 Å². The van der Waals surface area contributed by atoms with Gasteiger partial charge in [0.15, 0.2) is 0 Å². The summed E-state index contributed by atoms with van der Waals surface area (Å²) in [5.41, 5.74) is 0. The Labute approximate surface area is 58.3 Å². The zero-order valence-corrected chi connectivity index (χ0v) is 7.31. The third-order valence-corrected chi connectivity index (χ3v) is 3.59. The van der Waals surface area contributed by atoms with Gasteiger partial charge in [-0.1, -0.05) is 43.1 Å². The lowest BCUT2D eigenvalue weighted by Crippen LogP contribution is -2.22. The van der Waals surface area contributed by atoms with Crippen LogP contribution in [-0.2, 0) is 0 Å². The van der Waals surface area contributed by atoms with Crippen molar-refractivity contribution in [2.75, 3.05) is 0 Å². The summed E-state index contributed by atoms with van der Waals surface area (Å²) in [6.45, 7) is 7.09.